The van der Waals surface area contributed by atoms with Crippen molar-refractivity contribution in [3.63, 3.8) is 0 Å². The average molecular weight is 381 g/mol. The van der Waals surface area contributed by atoms with Gasteiger partial charge in [0.05, 0.1) is 0 Å². The Morgan fingerprint density at radius 3 is 2.92 bits per heavy atom. The molecular weight excluding hydrogens is 351 g/mol. The maximum absolute atomic E-state index is 13.6. The van der Waals surface area contributed by atoms with Crippen molar-refractivity contribution in [2.24, 2.45) is 4.99 Å². The van der Waals surface area contributed by atoms with Crippen molar-refractivity contribution in [3.05, 3.63) is 35.6 Å². The summed E-state index contributed by atoms with van der Waals surface area (Å²) >= 11 is 1.70. The number of aliphatic imine (C=N–C) groups is 1. The summed E-state index contributed by atoms with van der Waals surface area (Å²) in [6.07, 6.45) is 2.55. The highest BCUT2D eigenvalue weighted by molar-refractivity contribution is 7.98. The number of thioether (sulfide) groups is 1. The van der Waals surface area contributed by atoms with Gasteiger partial charge in [-0.15, -0.1) is 0 Å². The maximum Gasteiger partial charge on any atom is 0.222 e. The van der Waals surface area contributed by atoms with Crippen molar-refractivity contribution in [2.45, 2.75) is 31.9 Å². The fourth-order valence-corrected chi connectivity index (χ4v) is 3.62. The predicted molar refractivity (Wildman–Crippen MR) is 107 cm³/mol. The molecule has 1 amide bonds. The quantitative estimate of drug-likeness (QED) is 0.372. The number of halogens is 1. The molecule has 26 heavy (non-hydrogen) atoms. The molecule has 0 radical (unpaired) electrons. The molecule has 0 bridgehead atoms. The van der Waals surface area contributed by atoms with E-state index >= 15 is 0 Å². The Balaban J connectivity index is 1.62. The van der Waals surface area contributed by atoms with E-state index in [0.717, 1.165) is 56.3 Å². The zero-order valence-corrected chi connectivity index (χ0v) is 16.3. The fraction of sp³-hybridized carbons (Fsp3) is 0.579. The number of amides is 1. The molecule has 1 fully saturated rings. The molecule has 0 spiro atoms. The highest BCUT2D eigenvalue weighted by Crippen LogP contribution is 2.14. The summed E-state index contributed by atoms with van der Waals surface area (Å²) in [5.74, 6) is 2.48. The molecule has 144 valence electrons. The number of nitrogens with zero attached hydrogens (tertiary/aromatic N) is 2. The number of carbonyl (C=O) groups excluding carboxylic acids is 1. The second-order valence-corrected chi connectivity index (χ2v) is 7.27. The number of hydrogen-bond donors (Lipinski definition) is 2. The maximum atomic E-state index is 13.6. The normalized spacial score (nSPS) is 14.8. The first-order chi connectivity index (χ1) is 12.7. The zero-order chi connectivity index (χ0) is 18.6. The van der Waals surface area contributed by atoms with Crippen LogP contribution in [-0.4, -0.2) is 55.2 Å². The Bertz CT molecular complexity index is 597. The van der Waals surface area contributed by atoms with Crippen molar-refractivity contribution in [3.8, 4) is 0 Å². The van der Waals surface area contributed by atoms with Crippen LogP contribution in [0.1, 0.15) is 31.7 Å². The Morgan fingerprint density at radius 1 is 1.35 bits per heavy atom. The van der Waals surface area contributed by atoms with Crippen LogP contribution in [0.2, 0.25) is 0 Å². The van der Waals surface area contributed by atoms with Crippen LogP contribution >= 0.6 is 11.8 Å². The number of benzene rings is 1. The molecule has 1 heterocycles. The van der Waals surface area contributed by atoms with Gasteiger partial charge in [-0.3, -0.25) is 9.79 Å². The topological polar surface area (TPSA) is 56.7 Å². The summed E-state index contributed by atoms with van der Waals surface area (Å²) in [6, 6.07) is 6.90. The lowest BCUT2D eigenvalue weighted by molar-refractivity contribution is -0.127. The first-order valence-electron chi connectivity index (χ1n) is 9.32. The second kappa shape index (κ2) is 11.8. The van der Waals surface area contributed by atoms with Gasteiger partial charge in [-0.05, 0) is 31.4 Å². The molecule has 2 N–H and O–H groups in total. The molecule has 0 unspecified atom stereocenters. The summed E-state index contributed by atoms with van der Waals surface area (Å²) in [5.41, 5.74) is 0.745. The number of likely N-dealkylation sites (tertiary alicyclic amines) is 1. The Labute approximate surface area is 159 Å². The Kier molecular flexibility index (Phi) is 9.31. The molecule has 0 aromatic heterocycles. The van der Waals surface area contributed by atoms with Gasteiger partial charge in [0.2, 0.25) is 5.91 Å². The molecule has 0 saturated carbocycles. The van der Waals surface area contributed by atoms with E-state index < -0.39 is 0 Å². The fourth-order valence-electron chi connectivity index (χ4n) is 2.77. The van der Waals surface area contributed by atoms with Crippen LogP contribution < -0.4 is 10.6 Å². The van der Waals surface area contributed by atoms with E-state index in [0.29, 0.717) is 18.7 Å². The minimum absolute atomic E-state index is 0.139. The first-order valence-corrected chi connectivity index (χ1v) is 10.5. The van der Waals surface area contributed by atoms with Crippen LogP contribution in [0.4, 0.5) is 4.39 Å². The van der Waals surface area contributed by atoms with Crippen LogP contribution in [0.5, 0.6) is 0 Å². The van der Waals surface area contributed by atoms with E-state index in [1.165, 1.54) is 6.07 Å². The van der Waals surface area contributed by atoms with Gasteiger partial charge in [-0.25, -0.2) is 4.39 Å². The summed E-state index contributed by atoms with van der Waals surface area (Å²) < 4.78 is 13.6. The monoisotopic (exact) mass is 380 g/mol. The molecule has 7 heteroatoms. The predicted octanol–water partition coefficient (Wildman–Crippen LogP) is 2.63. The summed E-state index contributed by atoms with van der Waals surface area (Å²) in [7, 11) is 0. The largest absolute Gasteiger partial charge is 0.357 e. The lowest BCUT2D eigenvalue weighted by Crippen LogP contribution is -2.38. The van der Waals surface area contributed by atoms with Gasteiger partial charge in [0.1, 0.15) is 5.82 Å². The molecule has 1 aliphatic rings. The second-order valence-electron chi connectivity index (χ2n) is 6.17. The van der Waals surface area contributed by atoms with Crippen molar-refractivity contribution in [1.82, 2.24) is 15.5 Å². The van der Waals surface area contributed by atoms with Gasteiger partial charge < -0.3 is 15.5 Å². The van der Waals surface area contributed by atoms with Gasteiger partial charge >= 0.3 is 0 Å². The van der Waals surface area contributed by atoms with E-state index in [-0.39, 0.29) is 11.7 Å². The molecule has 1 aromatic carbocycles. The molecule has 1 aliphatic heterocycles. The zero-order valence-electron chi connectivity index (χ0n) is 15.5. The van der Waals surface area contributed by atoms with E-state index in [4.69, 9.17) is 0 Å². The van der Waals surface area contributed by atoms with E-state index in [2.05, 4.69) is 15.6 Å². The van der Waals surface area contributed by atoms with Gasteiger partial charge in [-0.2, -0.15) is 11.8 Å². The number of hydrogen-bond acceptors (Lipinski definition) is 3. The molecule has 0 atom stereocenters. The average Bonchev–Trinajstić information content (AvgIpc) is 3.04. The minimum Gasteiger partial charge on any atom is -0.357 e. The van der Waals surface area contributed by atoms with Crippen molar-refractivity contribution < 1.29 is 9.18 Å². The molecule has 1 aromatic rings. The van der Waals surface area contributed by atoms with Gasteiger partial charge in [-0.1, -0.05) is 18.2 Å². The first kappa shape index (κ1) is 20.6. The van der Waals surface area contributed by atoms with E-state index in [1.54, 1.807) is 17.8 Å². The molecule has 1 saturated heterocycles. The smallest absolute Gasteiger partial charge is 0.222 e. The number of rotatable bonds is 10. The minimum atomic E-state index is -0.139. The molecule has 0 aliphatic carbocycles. The summed E-state index contributed by atoms with van der Waals surface area (Å²) in [4.78, 5) is 18.1. The highest BCUT2D eigenvalue weighted by atomic mass is 32.2. The highest BCUT2D eigenvalue weighted by Gasteiger charge is 2.18. The van der Waals surface area contributed by atoms with Crippen molar-refractivity contribution in [1.29, 1.82) is 0 Å². The number of carbonyl (C=O) groups is 1. The third-order valence-corrected chi connectivity index (χ3v) is 5.13. The van der Waals surface area contributed by atoms with Crippen LogP contribution in [0.25, 0.3) is 0 Å². The molecule has 2 rings (SSSR count). The van der Waals surface area contributed by atoms with E-state index in [1.807, 2.05) is 24.0 Å². The standard InChI is InChI=1S/C19H29FN4OS/c1-2-21-19(22-10-6-13-24-12-5-9-18(24)25)23-11-14-26-15-16-7-3-4-8-17(16)20/h3-4,7-8H,2,5-6,9-15H2,1H3,(H2,21,22,23). The third-order valence-electron chi connectivity index (χ3n) is 4.13. The van der Waals surface area contributed by atoms with Gasteiger partial charge in [0.15, 0.2) is 5.96 Å². The lowest BCUT2D eigenvalue weighted by atomic mass is 10.2. The summed E-state index contributed by atoms with van der Waals surface area (Å²) in [6.45, 7) is 5.99. The van der Waals surface area contributed by atoms with Gasteiger partial charge in [0.25, 0.3) is 0 Å². The summed E-state index contributed by atoms with van der Waals surface area (Å²) in [5, 5.41) is 6.53. The molecular formula is C19H29FN4OS. The van der Waals surface area contributed by atoms with E-state index in [9.17, 15) is 9.18 Å². The van der Waals surface area contributed by atoms with Gasteiger partial charge in [0, 0.05) is 50.7 Å². The Hall–Kier alpha value is -1.76. The SMILES string of the molecule is CCNC(=NCCCN1CCCC1=O)NCCSCc1ccccc1F. The third kappa shape index (κ3) is 7.23. The van der Waals surface area contributed by atoms with Crippen LogP contribution in [-0.2, 0) is 10.5 Å². The number of nitrogens with one attached hydrogen (secondary N) is 2. The lowest BCUT2D eigenvalue weighted by Gasteiger charge is -2.15. The number of guanidine groups is 1. The van der Waals surface area contributed by atoms with Crippen LogP contribution in [0, 0.1) is 5.82 Å². The van der Waals surface area contributed by atoms with Crippen molar-refractivity contribution in [2.75, 3.05) is 38.5 Å². The molecule has 5 nitrogen and oxygen atoms in total. The van der Waals surface area contributed by atoms with Crippen LogP contribution in [0.3, 0.4) is 0 Å². The Morgan fingerprint density at radius 2 is 2.19 bits per heavy atom. The van der Waals surface area contributed by atoms with Crippen LogP contribution in [0.15, 0.2) is 29.3 Å². The van der Waals surface area contributed by atoms with Crippen molar-refractivity contribution >= 4 is 23.6 Å².